The Labute approximate surface area is 225 Å². The van der Waals surface area contributed by atoms with E-state index >= 15 is 0 Å². The summed E-state index contributed by atoms with van der Waals surface area (Å²) < 4.78 is 53.2. The van der Waals surface area contributed by atoms with Gasteiger partial charge in [0.15, 0.2) is 0 Å². The summed E-state index contributed by atoms with van der Waals surface area (Å²) in [6.07, 6.45) is 0.112. The van der Waals surface area contributed by atoms with Crippen LogP contribution in [0.2, 0.25) is 0 Å². The monoisotopic (exact) mass is 544 g/mol. The Hall–Kier alpha value is -4.34. The van der Waals surface area contributed by atoms with E-state index in [4.69, 9.17) is 4.74 Å². The van der Waals surface area contributed by atoms with Gasteiger partial charge in [-0.3, -0.25) is 0 Å². The van der Waals surface area contributed by atoms with E-state index in [1.54, 1.807) is 18.2 Å². The van der Waals surface area contributed by atoms with Crippen molar-refractivity contribution in [1.29, 1.82) is 0 Å². The zero-order valence-corrected chi connectivity index (χ0v) is 21.9. The number of para-hydroxylation sites is 1. The molecular weight excluding hydrogens is 519 g/mol. The van der Waals surface area contributed by atoms with Crippen molar-refractivity contribution >= 4 is 37.7 Å². The average Bonchev–Trinajstić information content (AvgIpc) is 2.95. The highest BCUT2D eigenvalue weighted by atomic mass is 32.2. The van der Waals surface area contributed by atoms with Crippen molar-refractivity contribution in [2.75, 3.05) is 13.7 Å². The Morgan fingerprint density at radius 3 is 2.51 bits per heavy atom. The van der Waals surface area contributed by atoms with Crippen LogP contribution < -0.4 is 9.46 Å². The Morgan fingerprint density at radius 2 is 1.69 bits per heavy atom. The first kappa shape index (κ1) is 26.3. The molecular formula is C30H25FN2O5S. The molecule has 198 valence electrons. The highest BCUT2D eigenvalue weighted by Crippen LogP contribution is 2.25. The van der Waals surface area contributed by atoms with E-state index in [-0.39, 0.29) is 35.6 Å². The van der Waals surface area contributed by atoms with Crippen LogP contribution in [-0.4, -0.2) is 33.0 Å². The molecule has 9 heteroatoms. The smallest absolute Gasteiger partial charge is 0.337 e. The number of aromatic nitrogens is 1. The SMILES string of the molecule is COC(=O)c1ccc(CCNS(=O)(=O)c2ccc3ccc(OCc4ccc5ccccc5n4)cc3c2)c(F)c1. The molecule has 5 rings (SSSR count). The van der Waals surface area contributed by atoms with E-state index in [0.717, 1.165) is 28.0 Å². The number of pyridine rings is 1. The molecule has 0 aliphatic carbocycles. The molecule has 0 amide bonds. The summed E-state index contributed by atoms with van der Waals surface area (Å²) in [4.78, 5) is 16.2. The first-order valence-electron chi connectivity index (χ1n) is 12.2. The largest absolute Gasteiger partial charge is 0.487 e. The quantitative estimate of drug-likeness (QED) is 0.249. The van der Waals surface area contributed by atoms with E-state index < -0.39 is 21.8 Å². The summed E-state index contributed by atoms with van der Waals surface area (Å²) in [6.45, 7) is 0.254. The van der Waals surface area contributed by atoms with E-state index in [1.807, 2.05) is 48.5 Å². The lowest BCUT2D eigenvalue weighted by molar-refractivity contribution is 0.0600. The zero-order valence-electron chi connectivity index (χ0n) is 21.1. The Kier molecular flexibility index (Phi) is 7.53. The van der Waals surface area contributed by atoms with Gasteiger partial charge in [0.1, 0.15) is 18.2 Å². The normalized spacial score (nSPS) is 11.5. The maximum Gasteiger partial charge on any atom is 0.337 e. The summed E-state index contributed by atoms with van der Waals surface area (Å²) in [7, 11) is -2.63. The zero-order chi connectivity index (χ0) is 27.4. The minimum absolute atomic E-state index is 0.0171. The second-order valence-electron chi connectivity index (χ2n) is 8.90. The van der Waals surface area contributed by atoms with Crippen molar-refractivity contribution < 1.29 is 27.1 Å². The van der Waals surface area contributed by atoms with E-state index in [0.29, 0.717) is 11.1 Å². The van der Waals surface area contributed by atoms with Crippen LogP contribution in [-0.2, 0) is 27.8 Å². The van der Waals surface area contributed by atoms with Crippen LogP contribution in [0.1, 0.15) is 21.6 Å². The van der Waals surface area contributed by atoms with Crippen molar-refractivity contribution in [2.45, 2.75) is 17.9 Å². The van der Waals surface area contributed by atoms with Gasteiger partial charge in [-0.1, -0.05) is 42.5 Å². The molecule has 0 spiro atoms. The molecule has 0 bridgehead atoms. The molecule has 0 aliphatic rings. The lowest BCUT2D eigenvalue weighted by Gasteiger charge is -2.10. The third-order valence-corrected chi connectivity index (χ3v) is 7.76. The molecule has 1 aromatic heterocycles. The number of carbonyl (C=O) groups excluding carboxylic acids is 1. The average molecular weight is 545 g/mol. The number of hydrogen-bond acceptors (Lipinski definition) is 6. The van der Waals surface area contributed by atoms with Crippen molar-refractivity contribution in [1.82, 2.24) is 9.71 Å². The molecule has 1 N–H and O–H groups in total. The molecule has 7 nitrogen and oxygen atoms in total. The summed E-state index contributed by atoms with van der Waals surface area (Å²) in [5.74, 6) is -0.656. The number of esters is 1. The number of rotatable bonds is 9. The molecule has 5 aromatic rings. The van der Waals surface area contributed by atoms with Crippen LogP contribution in [0.4, 0.5) is 4.39 Å². The van der Waals surface area contributed by atoms with Gasteiger partial charge in [0.2, 0.25) is 10.0 Å². The molecule has 0 fully saturated rings. The van der Waals surface area contributed by atoms with Gasteiger partial charge in [0.25, 0.3) is 0 Å². The fraction of sp³-hybridized carbons (Fsp3) is 0.133. The number of halogens is 1. The predicted molar refractivity (Wildman–Crippen MR) is 147 cm³/mol. The third-order valence-electron chi connectivity index (χ3n) is 6.30. The van der Waals surface area contributed by atoms with Gasteiger partial charge in [-0.05, 0) is 71.3 Å². The second kappa shape index (κ2) is 11.2. The summed E-state index contributed by atoms with van der Waals surface area (Å²) in [6, 6.07) is 26.0. The van der Waals surface area contributed by atoms with Crippen LogP contribution in [0.15, 0.2) is 95.9 Å². The van der Waals surface area contributed by atoms with Crippen LogP contribution in [0, 0.1) is 5.82 Å². The third kappa shape index (κ3) is 6.05. The lowest BCUT2D eigenvalue weighted by atomic mass is 10.1. The van der Waals surface area contributed by atoms with Gasteiger partial charge in [0.05, 0.1) is 28.8 Å². The van der Waals surface area contributed by atoms with Crippen molar-refractivity contribution in [3.05, 3.63) is 114 Å². The molecule has 1 heterocycles. The molecule has 0 aliphatic heterocycles. The van der Waals surface area contributed by atoms with E-state index in [2.05, 4.69) is 14.4 Å². The minimum atomic E-state index is -3.85. The number of carbonyl (C=O) groups is 1. The topological polar surface area (TPSA) is 94.6 Å². The van der Waals surface area contributed by atoms with Crippen LogP contribution >= 0.6 is 0 Å². The molecule has 0 radical (unpaired) electrons. The number of benzene rings is 4. The summed E-state index contributed by atoms with van der Waals surface area (Å²) >= 11 is 0. The van der Waals surface area contributed by atoms with Gasteiger partial charge >= 0.3 is 5.97 Å². The highest BCUT2D eigenvalue weighted by Gasteiger charge is 2.16. The Balaban J connectivity index is 1.25. The lowest BCUT2D eigenvalue weighted by Crippen LogP contribution is -2.26. The Morgan fingerprint density at radius 1 is 0.897 bits per heavy atom. The number of sulfonamides is 1. The maximum absolute atomic E-state index is 14.3. The van der Waals surface area contributed by atoms with Gasteiger partial charge in [-0.25, -0.2) is 27.3 Å². The minimum Gasteiger partial charge on any atom is -0.487 e. The van der Waals surface area contributed by atoms with Gasteiger partial charge in [-0.2, -0.15) is 0 Å². The van der Waals surface area contributed by atoms with Crippen molar-refractivity contribution in [2.24, 2.45) is 0 Å². The first-order chi connectivity index (χ1) is 18.8. The first-order valence-corrected chi connectivity index (χ1v) is 13.7. The van der Waals surface area contributed by atoms with E-state index in [9.17, 15) is 17.6 Å². The molecule has 39 heavy (non-hydrogen) atoms. The Bertz CT molecular complexity index is 1790. The molecule has 0 atom stereocenters. The van der Waals surface area contributed by atoms with Crippen LogP contribution in [0.25, 0.3) is 21.7 Å². The summed E-state index contributed by atoms with van der Waals surface area (Å²) in [5.41, 5.74) is 2.05. The fourth-order valence-corrected chi connectivity index (χ4v) is 5.27. The summed E-state index contributed by atoms with van der Waals surface area (Å²) in [5, 5.41) is 2.61. The van der Waals surface area contributed by atoms with Gasteiger partial charge < -0.3 is 9.47 Å². The number of fused-ring (bicyclic) bond motifs is 2. The standard InChI is InChI=1S/C30H25FN2O5S/c1-37-30(34)23-7-6-21(28(31)18-23)14-15-32-39(35,36)27-13-10-20-9-12-26(16-24(20)17-27)38-19-25-11-8-22-4-2-3-5-29(22)33-25/h2-13,16-18,32H,14-15,19H2,1H3. The second-order valence-corrected chi connectivity index (χ2v) is 10.7. The molecule has 0 saturated heterocycles. The highest BCUT2D eigenvalue weighted by molar-refractivity contribution is 7.89. The maximum atomic E-state index is 14.3. The van der Waals surface area contributed by atoms with E-state index in [1.165, 1.54) is 25.3 Å². The van der Waals surface area contributed by atoms with Crippen LogP contribution in [0.3, 0.4) is 0 Å². The number of methoxy groups -OCH3 is 1. The predicted octanol–water partition coefficient (Wildman–Crippen LogP) is 5.41. The van der Waals surface area contributed by atoms with Crippen molar-refractivity contribution in [3.8, 4) is 5.75 Å². The number of hydrogen-bond donors (Lipinski definition) is 1. The van der Waals surface area contributed by atoms with Gasteiger partial charge in [0, 0.05) is 11.9 Å². The molecule has 4 aromatic carbocycles. The van der Waals surface area contributed by atoms with Crippen molar-refractivity contribution in [3.63, 3.8) is 0 Å². The van der Waals surface area contributed by atoms with Crippen LogP contribution in [0.5, 0.6) is 5.75 Å². The number of nitrogens with zero attached hydrogens (tertiary/aromatic N) is 1. The molecule has 0 saturated carbocycles. The number of nitrogens with one attached hydrogen (secondary N) is 1. The number of ether oxygens (including phenoxy) is 2. The fourth-order valence-electron chi connectivity index (χ4n) is 4.20. The van der Waals surface area contributed by atoms with Gasteiger partial charge in [-0.15, -0.1) is 0 Å². The molecule has 0 unspecified atom stereocenters.